The van der Waals surface area contributed by atoms with Gasteiger partial charge in [0.1, 0.15) is 22.9 Å². The SMILES string of the molecule is C=C(OCC)c1c(Oc2ccc(C(=O)OC)cc2)nc2c(C3=CCC(c4ccccc4)=NC3)cnn2c1N(C)C. The Morgan fingerprint density at radius 3 is 2.48 bits per heavy atom. The predicted octanol–water partition coefficient (Wildman–Crippen LogP) is 5.66. The first kappa shape index (κ1) is 26.7. The number of rotatable bonds is 9. The molecule has 0 spiro atoms. The second kappa shape index (κ2) is 11.4. The van der Waals surface area contributed by atoms with Gasteiger partial charge in [-0.25, -0.2) is 4.79 Å². The zero-order valence-electron chi connectivity index (χ0n) is 23.0. The van der Waals surface area contributed by atoms with Crippen LogP contribution in [-0.2, 0) is 9.47 Å². The molecule has 0 aliphatic carbocycles. The van der Waals surface area contributed by atoms with Crippen molar-refractivity contribution >= 4 is 34.5 Å². The molecule has 2 aromatic heterocycles. The molecule has 40 heavy (non-hydrogen) atoms. The molecule has 0 saturated heterocycles. The lowest BCUT2D eigenvalue weighted by molar-refractivity contribution is 0.0600. The van der Waals surface area contributed by atoms with Gasteiger partial charge < -0.3 is 19.1 Å². The molecule has 3 heterocycles. The summed E-state index contributed by atoms with van der Waals surface area (Å²) < 4.78 is 18.7. The maximum Gasteiger partial charge on any atom is 0.337 e. The van der Waals surface area contributed by atoms with Gasteiger partial charge in [0.25, 0.3) is 0 Å². The average molecular weight is 538 g/mol. The van der Waals surface area contributed by atoms with Crippen molar-refractivity contribution in [3.05, 3.63) is 95.7 Å². The topological polar surface area (TPSA) is 90.5 Å². The minimum absolute atomic E-state index is 0.312. The monoisotopic (exact) mass is 537 g/mol. The summed E-state index contributed by atoms with van der Waals surface area (Å²) >= 11 is 0. The van der Waals surface area contributed by atoms with Crippen LogP contribution in [0.25, 0.3) is 17.0 Å². The summed E-state index contributed by atoms with van der Waals surface area (Å²) in [5.74, 6) is 1.50. The number of carbonyl (C=O) groups excluding carboxylic acids is 1. The lowest BCUT2D eigenvalue weighted by Crippen LogP contribution is -2.18. The van der Waals surface area contributed by atoms with Gasteiger partial charge in [0.05, 0.1) is 32.0 Å². The molecule has 0 radical (unpaired) electrons. The van der Waals surface area contributed by atoms with Crippen molar-refractivity contribution < 1.29 is 19.0 Å². The summed E-state index contributed by atoms with van der Waals surface area (Å²) in [7, 11) is 5.19. The smallest absolute Gasteiger partial charge is 0.337 e. The summed E-state index contributed by atoms with van der Waals surface area (Å²) in [6.45, 7) is 6.99. The van der Waals surface area contributed by atoms with Crippen LogP contribution in [0, 0.1) is 0 Å². The van der Waals surface area contributed by atoms with E-state index in [9.17, 15) is 4.79 Å². The van der Waals surface area contributed by atoms with E-state index in [0.29, 0.717) is 59.6 Å². The van der Waals surface area contributed by atoms with Crippen LogP contribution in [0.3, 0.4) is 0 Å². The maximum atomic E-state index is 11.9. The molecule has 1 aliphatic rings. The lowest BCUT2D eigenvalue weighted by Gasteiger charge is -2.22. The summed E-state index contributed by atoms with van der Waals surface area (Å²) in [5, 5.41) is 4.70. The Bertz CT molecular complexity index is 1620. The molecule has 5 rings (SSSR count). The zero-order chi connectivity index (χ0) is 28.2. The van der Waals surface area contributed by atoms with Gasteiger partial charge >= 0.3 is 5.97 Å². The highest BCUT2D eigenvalue weighted by molar-refractivity contribution is 6.04. The Morgan fingerprint density at radius 2 is 1.85 bits per heavy atom. The van der Waals surface area contributed by atoms with Crippen LogP contribution in [0.5, 0.6) is 11.6 Å². The molecule has 0 amide bonds. The number of carbonyl (C=O) groups is 1. The summed E-state index contributed by atoms with van der Waals surface area (Å²) in [5.41, 5.74) is 5.71. The largest absolute Gasteiger partial charge is 0.494 e. The highest BCUT2D eigenvalue weighted by Gasteiger charge is 2.26. The third-order valence-electron chi connectivity index (χ3n) is 6.54. The fourth-order valence-electron chi connectivity index (χ4n) is 4.61. The van der Waals surface area contributed by atoms with Crippen LogP contribution in [0.2, 0.25) is 0 Å². The van der Waals surface area contributed by atoms with Gasteiger partial charge in [-0.05, 0) is 42.3 Å². The number of anilines is 1. The predicted molar refractivity (Wildman–Crippen MR) is 156 cm³/mol. The number of allylic oxidation sites excluding steroid dienone is 1. The van der Waals surface area contributed by atoms with E-state index in [1.54, 1.807) is 28.8 Å². The third-order valence-corrected chi connectivity index (χ3v) is 6.54. The number of aliphatic imine (C=N–C) groups is 1. The first-order valence-electron chi connectivity index (χ1n) is 13.0. The minimum Gasteiger partial charge on any atom is -0.494 e. The molecule has 0 atom stereocenters. The van der Waals surface area contributed by atoms with Crippen LogP contribution in [-0.4, -0.2) is 60.6 Å². The number of fused-ring (bicyclic) bond motifs is 1. The summed E-state index contributed by atoms with van der Waals surface area (Å²) in [6, 6.07) is 16.9. The molecule has 0 bridgehead atoms. The number of benzene rings is 2. The van der Waals surface area contributed by atoms with E-state index in [4.69, 9.17) is 29.3 Å². The molecule has 1 aliphatic heterocycles. The fraction of sp³-hybridized carbons (Fsp3) is 0.226. The normalized spacial score (nSPS) is 12.9. The van der Waals surface area contributed by atoms with Crippen molar-refractivity contribution in [3.8, 4) is 11.6 Å². The molecule has 0 fully saturated rings. The van der Waals surface area contributed by atoms with Crippen LogP contribution in [0.1, 0.15) is 40.4 Å². The number of ether oxygens (including phenoxy) is 3. The van der Waals surface area contributed by atoms with Gasteiger partial charge in [0, 0.05) is 31.8 Å². The van der Waals surface area contributed by atoms with E-state index in [0.717, 1.165) is 22.4 Å². The van der Waals surface area contributed by atoms with Gasteiger partial charge in [-0.3, -0.25) is 4.99 Å². The number of methoxy groups -OCH3 is 1. The number of nitrogens with zero attached hydrogens (tertiary/aromatic N) is 5. The summed E-state index contributed by atoms with van der Waals surface area (Å²) in [6.07, 6.45) is 4.71. The average Bonchev–Trinajstić information content (AvgIpc) is 3.40. The Labute approximate surface area is 233 Å². The molecule has 4 aromatic rings. The number of aromatic nitrogens is 3. The molecule has 0 unspecified atom stereocenters. The molecular formula is C31H31N5O4. The van der Waals surface area contributed by atoms with Crippen molar-refractivity contribution in [3.63, 3.8) is 0 Å². The van der Waals surface area contributed by atoms with Crippen molar-refractivity contribution in [2.45, 2.75) is 13.3 Å². The van der Waals surface area contributed by atoms with Crippen LogP contribution in [0.15, 0.2) is 78.4 Å². The second-order valence-electron chi connectivity index (χ2n) is 9.34. The number of esters is 1. The van der Waals surface area contributed by atoms with Gasteiger partial charge in [-0.15, -0.1) is 0 Å². The van der Waals surface area contributed by atoms with E-state index < -0.39 is 5.97 Å². The Balaban J connectivity index is 1.58. The second-order valence-corrected chi connectivity index (χ2v) is 9.34. The van der Waals surface area contributed by atoms with Gasteiger partial charge in [0.2, 0.25) is 5.88 Å². The maximum absolute atomic E-state index is 11.9. The van der Waals surface area contributed by atoms with Crippen molar-refractivity contribution in [2.75, 3.05) is 39.3 Å². The van der Waals surface area contributed by atoms with E-state index in [1.807, 2.05) is 50.3 Å². The Kier molecular flexibility index (Phi) is 7.63. The first-order chi connectivity index (χ1) is 19.4. The molecule has 9 heteroatoms. The minimum atomic E-state index is -0.422. The van der Waals surface area contributed by atoms with Crippen LogP contribution >= 0.6 is 0 Å². The molecule has 2 aromatic carbocycles. The molecular weight excluding hydrogens is 506 g/mol. The van der Waals surface area contributed by atoms with Gasteiger partial charge in [0.15, 0.2) is 5.65 Å². The number of hydrogen-bond acceptors (Lipinski definition) is 8. The number of dihydropyridines is 1. The third kappa shape index (κ3) is 5.18. The van der Waals surface area contributed by atoms with Crippen molar-refractivity contribution in [1.82, 2.24) is 14.6 Å². The Morgan fingerprint density at radius 1 is 1.10 bits per heavy atom. The highest BCUT2D eigenvalue weighted by atomic mass is 16.5. The molecule has 0 N–H and O–H groups in total. The van der Waals surface area contributed by atoms with Gasteiger partial charge in [-0.2, -0.15) is 14.6 Å². The quantitative estimate of drug-likeness (QED) is 0.201. The van der Waals surface area contributed by atoms with E-state index in [2.05, 4.69) is 24.8 Å². The van der Waals surface area contributed by atoms with Crippen LogP contribution in [0.4, 0.5) is 5.82 Å². The zero-order valence-corrected chi connectivity index (χ0v) is 23.0. The fourth-order valence-corrected chi connectivity index (χ4v) is 4.61. The van der Waals surface area contributed by atoms with Gasteiger partial charge in [-0.1, -0.05) is 43.0 Å². The molecule has 9 nitrogen and oxygen atoms in total. The van der Waals surface area contributed by atoms with Crippen molar-refractivity contribution in [1.29, 1.82) is 0 Å². The van der Waals surface area contributed by atoms with E-state index >= 15 is 0 Å². The first-order valence-corrected chi connectivity index (χ1v) is 13.0. The van der Waals surface area contributed by atoms with E-state index in [1.165, 1.54) is 7.11 Å². The molecule has 0 saturated carbocycles. The standard InChI is InChI=1S/C31H31N5O4/c1-6-39-20(2)27-29(40-24-15-12-22(13-16-24)31(37)38-5)34-28-25(19-33-36(28)30(27)35(3)4)23-14-17-26(32-18-23)21-10-8-7-9-11-21/h7-16,19H,2,6,17-18H2,1,3-5H3. The van der Waals surface area contributed by atoms with Crippen LogP contribution < -0.4 is 9.64 Å². The summed E-state index contributed by atoms with van der Waals surface area (Å²) in [4.78, 5) is 23.6. The highest BCUT2D eigenvalue weighted by Crippen LogP contribution is 2.38. The molecule has 204 valence electrons. The number of hydrogen-bond donors (Lipinski definition) is 0. The van der Waals surface area contributed by atoms with Crippen molar-refractivity contribution in [2.24, 2.45) is 4.99 Å². The Hall–Kier alpha value is -4.92. The van der Waals surface area contributed by atoms with E-state index in [-0.39, 0.29) is 0 Å². The lowest BCUT2D eigenvalue weighted by atomic mass is 10.00.